The Morgan fingerprint density at radius 2 is 1.47 bits per heavy atom. The van der Waals surface area contributed by atoms with Crippen molar-refractivity contribution in [2.75, 3.05) is 10.6 Å². The van der Waals surface area contributed by atoms with Crippen LogP contribution in [0.5, 0.6) is 5.75 Å². The number of hydrogen-bond acceptors (Lipinski definition) is 5. The van der Waals surface area contributed by atoms with E-state index in [0.29, 0.717) is 17.1 Å². The van der Waals surface area contributed by atoms with Gasteiger partial charge < -0.3 is 15.4 Å². The van der Waals surface area contributed by atoms with Crippen LogP contribution in [0.25, 0.3) is 0 Å². The number of ether oxygens (including phenoxy) is 1. The van der Waals surface area contributed by atoms with Crippen molar-refractivity contribution < 1.29 is 17.9 Å². The molecule has 0 saturated heterocycles. The first-order chi connectivity index (χ1) is 15.0. The van der Waals surface area contributed by atoms with Gasteiger partial charge in [-0.3, -0.25) is 0 Å². The summed E-state index contributed by atoms with van der Waals surface area (Å²) in [5.41, 5.74) is 1.01. The number of nitrogens with one attached hydrogen (secondary N) is 2. The minimum absolute atomic E-state index is 0.0661. The molecule has 0 radical (unpaired) electrons. The zero-order valence-corrected chi connectivity index (χ0v) is 18.5. The molecule has 32 heavy (non-hydrogen) atoms. The number of halogens is 3. The van der Waals surface area contributed by atoms with Gasteiger partial charge in [-0.25, -0.2) is 4.98 Å². The average molecular weight is 445 g/mol. The van der Waals surface area contributed by atoms with Crippen LogP contribution in [0.2, 0.25) is 0 Å². The molecule has 0 amide bonds. The van der Waals surface area contributed by atoms with Crippen molar-refractivity contribution in [1.82, 2.24) is 9.97 Å². The Morgan fingerprint density at radius 1 is 0.875 bits per heavy atom. The van der Waals surface area contributed by atoms with E-state index in [1.807, 2.05) is 45.0 Å². The van der Waals surface area contributed by atoms with Crippen LogP contribution in [-0.2, 0) is 12.6 Å². The Hall–Kier alpha value is -3.29. The molecule has 0 bridgehead atoms. The summed E-state index contributed by atoms with van der Waals surface area (Å²) in [6, 6.07) is 14.3. The maximum atomic E-state index is 13.5. The van der Waals surface area contributed by atoms with E-state index >= 15 is 0 Å². The van der Waals surface area contributed by atoms with E-state index in [1.165, 1.54) is 5.56 Å². The smallest absolute Gasteiger partial charge is 0.421 e. The van der Waals surface area contributed by atoms with Gasteiger partial charge in [0.2, 0.25) is 5.95 Å². The fourth-order valence-corrected chi connectivity index (χ4v) is 3.01. The van der Waals surface area contributed by atoms with Crippen LogP contribution in [0.4, 0.5) is 36.3 Å². The Balaban J connectivity index is 1.83. The van der Waals surface area contributed by atoms with Gasteiger partial charge in [0.15, 0.2) is 0 Å². The van der Waals surface area contributed by atoms with Crippen molar-refractivity contribution in [2.45, 2.75) is 52.3 Å². The number of anilines is 4. The summed E-state index contributed by atoms with van der Waals surface area (Å²) < 4.78 is 46.3. The molecular formula is C24H27F3N4O. The molecule has 170 valence electrons. The molecule has 0 aliphatic rings. The standard InChI is InChI=1S/C24H27F3N4O/c1-5-6-16-7-9-18(10-8-16)30-22-28-15-20(24(25,26)27)21(31-22)29-17-11-13-19(14-12-17)32-23(2,3)4/h7-15H,5-6H2,1-4H3,(H2,28,29,30,31). The quantitative estimate of drug-likeness (QED) is 0.407. The molecule has 0 aliphatic carbocycles. The fraction of sp³-hybridized carbons (Fsp3) is 0.333. The lowest BCUT2D eigenvalue weighted by Gasteiger charge is -2.21. The molecule has 8 heteroatoms. The molecule has 1 heterocycles. The van der Waals surface area contributed by atoms with E-state index in [2.05, 4.69) is 27.5 Å². The molecule has 0 fully saturated rings. The summed E-state index contributed by atoms with van der Waals surface area (Å²) in [7, 11) is 0. The highest BCUT2D eigenvalue weighted by molar-refractivity contribution is 5.63. The maximum absolute atomic E-state index is 13.5. The van der Waals surface area contributed by atoms with Gasteiger partial charge in [0, 0.05) is 17.6 Å². The van der Waals surface area contributed by atoms with Crippen LogP contribution in [0, 0.1) is 0 Å². The summed E-state index contributed by atoms with van der Waals surface area (Å²) in [6.45, 7) is 7.85. The molecule has 3 aromatic rings. The van der Waals surface area contributed by atoms with E-state index in [9.17, 15) is 13.2 Å². The molecule has 0 saturated carbocycles. The minimum Gasteiger partial charge on any atom is -0.488 e. The number of nitrogens with zero attached hydrogens (tertiary/aromatic N) is 2. The zero-order valence-electron chi connectivity index (χ0n) is 18.5. The Morgan fingerprint density at radius 3 is 2.03 bits per heavy atom. The summed E-state index contributed by atoms with van der Waals surface area (Å²) in [6.07, 6.45) is -1.82. The van der Waals surface area contributed by atoms with Crippen molar-refractivity contribution in [3.8, 4) is 5.75 Å². The van der Waals surface area contributed by atoms with Crippen LogP contribution in [0.3, 0.4) is 0 Å². The highest BCUT2D eigenvalue weighted by Gasteiger charge is 2.35. The van der Waals surface area contributed by atoms with Gasteiger partial charge in [0.25, 0.3) is 0 Å². The summed E-state index contributed by atoms with van der Waals surface area (Å²) in [5, 5.41) is 5.72. The van der Waals surface area contributed by atoms with Gasteiger partial charge in [0.1, 0.15) is 22.7 Å². The second kappa shape index (κ2) is 9.46. The lowest BCUT2D eigenvalue weighted by Crippen LogP contribution is -2.22. The molecule has 3 rings (SSSR count). The predicted molar refractivity (Wildman–Crippen MR) is 121 cm³/mol. The third-order valence-electron chi connectivity index (χ3n) is 4.38. The van der Waals surface area contributed by atoms with Crippen molar-refractivity contribution >= 4 is 23.1 Å². The largest absolute Gasteiger partial charge is 0.488 e. The molecule has 0 unspecified atom stereocenters. The molecule has 0 spiro atoms. The lowest BCUT2D eigenvalue weighted by atomic mass is 10.1. The second-order valence-corrected chi connectivity index (χ2v) is 8.39. The summed E-state index contributed by atoms with van der Waals surface area (Å²) in [4.78, 5) is 7.94. The first-order valence-corrected chi connectivity index (χ1v) is 10.4. The van der Waals surface area contributed by atoms with E-state index in [1.54, 1.807) is 24.3 Å². The van der Waals surface area contributed by atoms with Crippen LogP contribution in [0.15, 0.2) is 54.7 Å². The van der Waals surface area contributed by atoms with Gasteiger partial charge in [-0.2, -0.15) is 18.2 Å². The third-order valence-corrected chi connectivity index (χ3v) is 4.38. The number of benzene rings is 2. The second-order valence-electron chi connectivity index (χ2n) is 8.39. The van der Waals surface area contributed by atoms with Crippen molar-refractivity contribution in [3.63, 3.8) is 0 Å². The molecule has 0 aliphatic heterocycles. The molecule has 0 atom stereocenters. The third kappa shape index (κ3) is 6.60. The highest BCUT2D eigenvalue weighted by atomic mass is 19.4. The van der Waals surface area contributed by atoms with E-state index < -0.39 is 11.7 Å². The van der Waals surface area contributed by atoms with Crippen LogP contribution in [-0.4, -0.2) is 15.6 Å². The van der Waals surface area contributed by atoms with E-state index in [-0.39, 0.29) is 17.4 Å². The molecule has 5 nitrogen and oxygen atoms in total. The SMILES string of the molecule is CCCc1ccc(Nc2ncc(C(F)(F)F)c(Nc3ccc(OC(C)(C)C)cc3)n2)cc1. The number of aromatic nitrogens is 2. The monoisotopic (exact) mass is 444 g/mol. The van der Waals surface area contributed by atoms with E-state index in [4.69, 9.17) is 4.74 Å². The fourth-order valence-electron chi connectivity index (χ4n) is 3.01. The Labute approximate surface area is 186 Å². The van der Waals surface area contributed by atoms with Crippen LogP contribution in [0.1, 0.15) is 45.2 Å². The molecule has 2 N–H and O–H groups in total. The van der Waals surface area contributed by atoms with Crippen molar-refractivity contribution in [1.29, 1.82) is 0 Å². The van der Waals surface area contributed by atoms with Crippen molar-refractivity contribution in [3.05, 3.63) is 65.9 Å². The Bertz CT molecular complexity index is 1030. The lowest BCUT2D eigenvalue weighted by molar-refractivity contribution is -0.137. The first-order valence-electron chi connectivity index (χ1n) is 10.4. The predicted octanol–water partition coefficient (Wildman–Crippen LogP) is 7.11. The first kappa shape index (κ1) is 23.4. The summed E-state index contributed by atoms with van der Waals surface area (Å²) in [5.74, 6) is 0.356. The summed E-state index contributed by atoms with van der Waals surface area (Å²) >= 11 is 0. The molecular weight excluding hydrogens is 417 g/mol. The zero-order chi connectivity index (χ0) is 23.4. The number of rotatable bonds is 7. The normalized spacial score (nSPS) is 11.8. The number of aryl methyl sites for hydroxylation is 1. The van der Waals surface area contributed by atoms with Crippen LogP contribution < -0.4 is 15.4 Å². The maximum Gasteiger partial charge on any atom is 0.421 e. The highest BCUT2D eigenvalue weighted by Crippen LogP contribution is 2.35. The van der Waals surface area contributed by atoms with Gasteiger partial charge in [-0.05, 0) is 69.2 Å². The van der Waals surface area contributed by atoms with Gasteiger partial charge in [0.05, 0.1) is 0 Å². The van der Waals surface area contributed by atoms with Gasteiger partial charge in [-0.15, -0.1) is 0 Å². The number of alkyl halides is 3. The minimum atomic E-state index is -4.60. The van der Waals surface area contributed by atoms with Crippen LogP contribution >= 0.6 is 0 Å². The number of hydrogen-bond donors (Lipinski definition) is 2. The van der Waals surface area contributed by atoms with E-state index in [0.717, 1.165) is 19.0 Å². The average Bonchev–Trinajstić information content (AvgIpc) is 2.69. The topological polar surface area (TPSA) is 59.1 Å². The van der Waals surface area contributed by atoms with Crippen molar-refractivity contribution in [2.24, 2.45) is 0 Å². The molecule has 1 aromatic heterocycles. The van der Waals surface area contributed by atoms with Gasteiger partial charge >= 0.3 is 6.18 Å². The molecule has 2 aromatic carbocycles. The Kier molecular flexibility index (Phi) is 6.91. The van der Waals surface area contributed by atoms with Gasteiger partial charge in [-0.1, -0.05) is 25.5 Å².